The van der Waals surface area contributed by atoms with Gasteiger partial charge in [-0.1, -0.05) is 0 Å². The number of carbonyl (C=O) groups is 2. The Morgan fingerprint density at radius 3 is 1.75 bits per heavy atom. The number of nitriles is 2. The summed E-state index contributed by atoms with van der Waals surface area (Å²) in [4.78, 5) is 20.7. The van der Waals surface area contributed by atoms with Gasteiger partial charge in [0, 0.05) is 0 Å². The van der Waals surface area contributed by atoms with Gasteiger partial charge in [0.15, 0.2) is 0 Å². The van der Waals surface area contributed by atoms with Crippen LogP contribution in [0.25, 0.3) is 0 Å². The first-order valence-electron chi connectivity index (χ1n) is 2.68. The molecule has 0 rings (SSSR count). The molecule has 0 aromatic carbocycles. The molecular formula is C6H5N2NaO3. The van der Waals surface area contributed by atoms with E-state index in [-0.39, 0.29) is 31.0 Å². The minimum absolute atomic E-state index is 0. The van der Waals surface area contributed by atoms with Crippen molar-refractivity contribution in [3.8, 4) is 12.1 Å². The molecule has 0 heterocycles. The maximum Gasteiger partial charge on any atom is 1.00 e. The van der Waals surface area contributed by atoms with Gasteiger partial charge in [-0.25, -0.2) is 0 Å². The van der Waals surface area contributed by atoms with E-state index in [1.165, 1.54) is 12.1 Å². The first kappa shape index (κ1) is 13.7. The molecule has 6 heteroatoms. The number of hydrogen-bond donors (Lipinski definition) is 0. The van der Waals surface area contributed by atoms with Gasteiger partial charge >= 0.3 is 41.5 Å². The van der Waals surface area contributed by atoms with E-state index in [0.29, 0.717) is 0 Å². The summed E-state index contributed by atoms with van der Waals surface area (Å²) in [5, 5.41) is 15.9. The number of rotatable bonds is 2. The van der Waals surface area contributed by atoms with Crippen molar-refractivity contribution in [1.82, 2.24) is 0 Å². The van der Waals surface area contributed by atoms with Gasteiger partial charge in [0.2, 0.25) is 0 Å². The SMILES string of the molecule is N#CCC(=O)OC(=O)CC#N.[H-].[Na+]. The van der Waals surface area contributed by atoms with Gasteiger partial charge in [-0.3, -0.25) is 9.59 Å². The Balaban J connectivity index is -0.000000500. The second-order valence-electron chi connectivity index (χ2n) is 1.52. The fourth-order valence-electron chi connectivity index (χ4n) is 0.328. The molecule has 0 fully saturated rings. The van der Waals surface area contributed by atoms with E-state index in [9.17, 15) is 9.59 Å². The van der Waals surface area contributed by atoms with Crippen molar-refractivity contribution in [1.29, 1.82) is 10.5 Å². The Bertz CT molecular complexity index is 230. The van der Waals surface area contributed by atoms with Crippen molar-refractivity contribution < 1.29 is 45.3 Å². The molecule has 0 aliphatic carbocycles. The van der Waals surface area contributed by atoms with Crippen molar-refractivity contribution in [2.24, 2.45) is 0 Å². The van der Waals surface area contributed by atoms with Gasteiger partial charge in [-0.2, -0.15) is 10.5 Å². The third kappa shape index (κ3) is 7.23. The average molecular weight is 176 g/mol. The second kappa shape index (κ2) is 8.22. The Morgan fingerprint density at radius 2 is 1.50 bits per heavy atom. The monoisotopic (exact) mass is 176 g/mol. The van der Waals surface area contributed by atoms with Crippen molar-refractivity contribution in [3.05, 3.63) is 0 Å². The zero-order chi connectivity index (χ0) is 8.69. The molecule has 0 radical (unpaired) electrons. The summed E-state index contributed by atoms with van der Waals surface area (Å²) in [5.74, 6) is -1.85. The molecule has 0 N–H and O–H groups in total. The normalized spacial score (nSPS) is 6.83. The van der Waals surface area contributed by atoms with E-state index < -0.39 is 24.8 Å². The molecule has 0 unspecified atom stereocenters. The Kier molecular flexibility index (Phi) is 9.38. The van der Waals surface area contributed by atoms with Crippen LogP contribution in [0.5, 0.6) is 0 Å². The molecule has 0 spiro atoms. The van der Waals surface area contributed by atoms with E-state index in [1.54, 1.807) is 0 Å². The van der Waals surface area contributed by atoms with Crippen molar-refractivity contribution in [3.63, 3.8) is 0 Å². The van der Waals surface area contributed by atoms with Crippen LogP contribution < -0.4 is 29.6 Å². The number of esters is 2. The van der Waals surface area contributed by atoms with Crippen LogP contribution in [-0.4, -0.2) is 11.9 Å². The molecule has 0 saturated carbocycles. The zero-order valence-corrected chi connectivity index (χ0v) is 8.53. The van der Waals surface area contributed by atoms with Crippen LogP contribution in [0.4, 0.5) is 0 Å². The molecule has 0 atom stereocenters. The average Bonchev–Trinajstić information content (AvgIpc) is 1.87. The van der Waals surface area contributed by atoms with Crippen LogP contribution >= 0.6 is 0 Å². The molecular weight excluding hydrogens is 171 g/mol. The van der Waals surface area contributed by atoms with Gasteiger partial charge in [0.1, 0.15) is 12.8 Å². The fraction of sp³-hybridized carbons (Fsp3) is 0.333. The zero-order valence-electron chi connectivity index (χ0n) is 7.53. The summed E-state index contributed by atoms with van der Waals surface area (Å²) < 4.78 is 4.01. The minimum Gasteiger partial charge on any atom is -1.00 e. The van der Waals surface area contributed by atoms with Crippen molar-refractivity contribution in [2.45, 2.75) is 12.8 Å². The predicted octanol–water partition coefficient (Wildman–Crippen LogP) is -3.00. The molecule has 0 amide bonds. The second-order valence-corrected chi connectivity index (χ2v) is 1.52. The number of hydrogen-bond acceptors (Lipinski definition) is 5. The molecule has 0 aliphatic heterocycles. The largest absolute Gasteiger partial charge is 1.00 e. The van der Waals surface area contributed by atoms with Gasteiger partial charge in [-0.05, 0) is 0 Å². The Morgan fingerprint density at radius 1 is 1.17 bits per heavy atom. The topological polar surface area (TPSA) is 90.9 Å². The van der Waals surface area contributed by atoms with Gasteiger partial charge in [-0.15, -0.1) is 0 Å². The first-order chi connectivity index (χ1) is 5.20. The summed E-state index contributed by atoms with van der Waals surface area (Å²) in [6.07, 6.45) is -0.950. The van der Waals surface area contributed by atoms with Crippen LogP contribution in [0.2, 0.25) is 0 Å². The molecule has 0 saturated heterocycles. The smallest absolute Gasteiger partial charge is 1.00 e. The van der Waals surface area contributed by atoms with E-state index >= 15 is 0 Å². The van der Waals surface area contributed by atoms with Crippen LogP contribution in [0.15, 0.2) is 0 Å². The third-order valence-electron chi connectivity index (χ3n) is 0.674. The number of ether oxygens (including phenoxy) is 1. The fourth-order valence-corrected chi connectivity index (χ4v) is 0.328. The summed E-state index contributed by atoms with van der Waals surface area (Å²) in [6, 6.07) is 3.01. The predicted molar refractivity (Wildman–Crippen MR) is 32.7 cm³/mol. The molecule has 12 heavy (non-hydrogen) atoms. The summed E-state index contributed by atoms with van der Waals surface area (Å²) in [6.45, 7) is 0. The summed E-state index contributed by atoms with van der Waals surface area (Å²) in [5.41, 5.74) is 0. The van der Waals surface area contributed by atoms with Crippen molar-refractivity contribution in [2.75, 3.05) is 0 Å². The molecule has 0 aliphatic rings. The third-order valence-corrected chi connectivity index (χ3v) is 0.674. The van der Waals surface area contributed by atoms with Crippen LogP contribution in [0, 0.1) is 22.7 Å². The molecule has 0 bridgehead atoms. The van der Waals surface area contributed by atoms with Gasteiger partial charge < -0.3 is 6.16 Å². The van der Waals surface area contributed by atoms with E-state index in [2.05, 4.69) is 4.74 Å². The van der Waals surface area contributed by atoms with Crippen LogP contribution in [-0.2, 0) is 14.3 Å². The Hall–Kier alpha value is -0.880. The molecule has 5 nitrogen and oxygen atoms in total. The van der Waals surface area contributed by atoms with E-state index in [0.717, 1.165) is 0 Å². The number of nitrogens with zero attached hydrogens (tertiary/aromatic N) is 2. The first-order valence-corrected chi connectivity index (χ1v) is 2.68. The molecule has 0 aromatic rings. The van der Waals surface area contributed by atoms with Gasteiger partial charge in [0.25, 0.3) is 0 Å². The maximum atomic E-state index is 10.4. The van der Waals surface area contributed by atoms with E-state index in [1.807, 2.05) is 0 Å². The van der Waals surface area contributed by atoms with Gasteiger partial charge in [0.05, 0.1) is 12.1 Å². The van der Waals surface area contributed by atoms with Crippen LogP contribution in [0.3, 0.4) is 0 Å². The maximum absolute atomic E-state index is 10.4. The molecule has 0 aromatic heterocycles. The van der Waals surface area contributed by atoms with E-state index in [4.69, 9.17) is 10.5 Å². The van der Waals surface area contributed by atoms with Crippen molar-refractivity contribution >= 4 is 11.9 Å². The number of carbonyl (C=O) groups excluding carboxylic acids is 2. The molecule has 58 valence electrons. The quantitative estimate of drug-likeness (QED) is 0.254. The minimum atomic E-state index is -0.923. The van der Waals surface area contributed by atoms with Crippen LogP contribution in [0.1, 0.15) is 14.3 Å². The Labute approximate surface area is 92.7 Å². The standard InChI is InChI=1S/C6H4N2O3.Na.H/c7-3-1-5(9)11-6(10)2-4-8;;/h1-2H2;;/q;+1;-1. The summed E-state index contributed by atoms with van der Waals surface area (Å²) >= 11 is 0. The summed E-state index contributed by atoms with van der Waals surface area (Å²) in [7, 11) is 0.